The first-order chi connectivity index (χ1) is 13.1. The van der Waals surface area contributed by atoms with Crippen LogP contribution in [-0.2, 0) is 17.6 Å². The van der Waals surface area contributed by atoms with Crippen molar-refractivity contribution in [1.82, 2.24) is 9.97 Å². The van der Waals surface area contributed by atoms with Crippen LogP contribution in [0.25, 0.3) is 10.6 Å². The summed E-state index contributed by atoms with van der Waals surface area (Å²) < 4.78 is 0. The van der Waals surface area contributed by atoms with Gasteiger partial charge in [0.1, 0.15) is 5.01 Å². The highest BCUT2D eigenvalue weighted by atomic mass is 32.1. The van der Waals surface area contributed by atoms with Crippen molar-refractivity contribution in [2.75, 3.05) is 24.3 Å². The van der Waals surface area contributed by atoms with Crippen LogP contribution in [0.15, 0.2) is 48.8 Å². The molecule has 1 unspecified atom stereocenters. The summed E-state index contributed by atoms with van der Waals surface area (Å²) in [4.78, 5) is 24.9. The molecule has 0 aliphatic heterocycles. The molecule has 6 heteroatoms. The molecule has 1 aromatic carbocycles. The topological polar surface area (TPSA) is 58.1 Å². The standard InChI is InChI=1S/C21H22N4OS/c1-25(2)17-8-6-16(7-9-17)23-20(26)14-5-10-18-19(12-14)27-21(24-18)15-4-3-11-22-13-15/h3-4,6-9,11,13-14H,5,10,12H2,1-2H3,(H,23,26). The average Bonchev–Trinajstić information content (AvgIpc) is 3.12. The first-order valence-electron chi connectivity index (χ1n) is 9.07. The van der Waals surface area contributed by atoms with E-state index in [1.807, 2.05) is 61.6 Å². The second-order valence-corrected chi connectivity index (χ2v) is 8.08. The number of pyridine rings is 1. The normalized spacial score (nSPS) is 15.9. The molecule has 0 radical (unpaired) electrons. The minimum atomic E-state index is -0.00627. The molecule has 4 rings (SSSR count). The molecule has 2 aromatic heterocycles. The summed E-state index contributed by atoms with van der Waals surface area (Å²) in [7, 11) is 4.00. The van der Waals surface area contributed by atoms with Gasteiger partial charge in [0.2, 0.25) is 5.91 Å². The monoisotopic (exact) mass is 378 g/mol. The van der Waals surface area contributed by atoms with E-state index in [9.17, 15) is 4.79 Å². The molecule has 0 spiro atoms. The molecule has 0 bridgehead atoms. The molecule has 0 saturated carbocycles. The fourth-order valence-corrected chi connectivity index (χ4v) is 4.48. The molecule has 1 N–H and O–H groups in total. The number of nitrogens with zero attached hydrogens (tertiary/aromatic N) is 3. The van der Waals surface area contributed by atoms with E-state index < -0.39 is 0 Å². The minimum absolute atomic E-state index is 0.00627. The first-order valence-corrected chi connectivity index (χ1v) is 9.89. The summed E-state index contributed by atoms with van der Waals surface area (Å²) in [5.74, 6) is 0.0859. The van der Waals surface area contributed by atoms with Crippen LogP contribution in [0.2, 0.25) is 0 Å². The van der Waals surface area contributed by atoms with Gasteiger partial charge in [0.25, 0.3) is 0 Å². The molecule has 0 fully saturated rings. The Kier molecular flexibility index (Phi) is 4.90. The van der Waals surface area contributed by atoms with Crippen LogP contribution in [0, 0.1) is 5.92 Å². The number of aryl methyl sites for hydroxylation is 1. The third-order valence-corrected chi connectivity index (χ3v) is 6.04. The van der Waals surface area contributed by atoms with Crippen LogP contribution >= 0.6 is 11.3 Å². The number of hydrogen-bond donors (Lipinski definition) is 1. The van der Waals surface area contributed by atoms with E-state index >= 15 is 0 Å². The predicted octanol–water partition coefficient (Wildman–Crippen LogP) is 4.01. The van der Waals surface area contributed by atoms with Crippen LogP contribution in [-0.4, -0.2) is 30.0 Å². The van der Waals surface area contributed by atoms with Gasteiger partial charge in [-0.3, -0.25) is 9.78 Å². The Morgan fingerprint density at radius 3 is 2.74 bits per heavy atom. The van der Waals surface area contributed by atoms with E-state index in [1.165, 1.54) is 4.88 Å². The zero-order chi connectivity index (χ0) is 18.8. The average molecular weight is 379 g/mol. The molecule has 1 atom stereocenters. The lowest BCUT2D eigenvalue weighted by Crippen LogP contribution is -2.27. The number of benzene rings is 1. The Balaban J connectivity index is 1.44. The lowest BCUT2D eigenvalue weighted by atomic mass is 9.90. The summed E-state index contributed by atoms with van der Waals surface area (Å²) in [5, 5.41) is 4.06. The molecule has 1 amide bonds. The quantitative estimate of drug-likeness (QED) is 0.745. The number of aromatic nitrogens is 2. The van der Waals surface area contributed by atoms with Gasteiger partial charge in [0.05, 0.1) is 5.69 Å². The first kappa shape index (κ1) is 17.7. The van der Waals surface area contributed by atoms with Crippen LogP contribution in [0.5, 0.6) is 0 Å². The molecule has 27 heavy (non-hydrogen) atoms. The van der Waals surface area contributed by atoms with Gasteiger partial charge in [-0.25, -0.2) is 4.98 Å². The van der Waals surface area contributed by atoms with Crippen molar-refractivity contribution >= 4 is 28.6 Å². The summed E-state index contributed by atoms with van der Waals surface area (Å²) >= 11 is 1.68. The van der Waals surface area contributed by atoms with Crippen LogP contribution in [0.1, 0.15) is 17.0 Å². The largest absolute Gasteiger partial charge is 0.378 e. The zero-order valence-electron chi connectivity index (χ0n) is 15.5. The van der Waals surface area contributed by atoms with Gasteiger partial charge in [-0.05, 0) is 55.7 Å². The molecule has 138 valence electrons. The van der Waals surface area contributed by atoms with Crippen molar-refractivity contribution in [2.24, 2.45) is 5.92 Å². The van der Waals surface area contributed by atoms with Gasteiger partial charge in [-0.1, -0.05) is 0 Å². The molecular formula is C21H22N4OS. The van der Waals surface area contributed by atoms with Crippen LogP contribution < -0.4 is 10.2 Å². The van der Waals surface area contributed by atoms with Gasteiger partial charge in [-0.15, -0.1) is 11.3 Å². The number of hydrogen-bond acceptors (Lipinski definition) is 5. The van der Waals surface area contributed by atoms with Crippen molar-refractivity contribution in [2.45, 2.75) is 19.3 Å². The van der Waals surface area contributed by atoms with Gasteiger partial charge >= 0.3 is 0 Å². The van der Waals surface area contributed by atoms with Crippen molar-refractivity contribution in [3.05, 3.63) is 59.4 Å². The zero-order valence-corrected chi connectivity index (χ0v) is 16.3. The SMILES string of the molecule is CN(C)c1ccc(NC(=O)C2CCc3nc(-c4cccnc4)sc3C2)cc1. The third-order valence-electron chi connectivity index (χ3n) is 4.87. The summed E-state index contributed by atoms with van der Waals surface area (Å²) in [5.41, 5.74) is 4.14. The van der Waals surface area contributed by atoms with Gasteiger partial charge < -0.3 is 10.2 Å². The summed E-state index contributed by atoms with van der Waals surface area (Å²) in [6, 6.07) is 11.9. The van der Waals surface area contributed by atoms with Crippen molar-refractivity contribution < 1.29 is 4.79 Å². The maximum atomic E-state index is 12.7. The smallest absolute Gasteiger partial charge is 0.227 e. The second-order valence-electron chi connectivity index (χ2n) is 7.00. The third kappa shape index (κ3) is 3.85. The number of rotatable bonds is 4. The van der Waals surface area contributed by atoms with Crippen LogP contribution in [0.3, 0.4) is 0 Å². The molecule has 5 nitrogen and oxygen atoms in total. The fraction of sp³-hybridized carbons (Fsp3) is 0.286. The molecular weight excluding hydrogens is 356 g/mol. The van der Waals surface area contributed by atoms with Crippen molar-refractivity contribution in [3.63, 3.8) is 0 Å². The maximum absolute atomic E-state index is 12.7. The van der Waals surface area contributed by atoms with Crippen molar-refractivity contribution in [3.8, 4) is 10.6 Å². The Morgan fingerprint density at radius 2 is 2.04 bits per heavy atom. The van der Waals surface area contributed by atoms with E-state index in [1.54, 1.807) is 17.5 Å². The van der Waals surface area contributed by atoms with Gasteiger partial charge in [-0.2, -0.15) is 0 Å². The minimum Gasteiger partial charge on any atom is -0.378 e. The lowest BCUT2D eigenvalue weighted by molar-refractivity contribution is -0.120. The number of amides is 1. The van der Waals surface area contributed by atoms with Crippen molar-refractivity contribution in [1.29, 1.82) is 0 Å². The molecule has 0 saturated heterocycles. The van der Waals surface area contributed by atoms with Gasteiger partial charge in [0.15, 0.2) is 0 Å². The molecule has 1 aliphatic carbocycles. The number of fused-ring (bicyclic) bond motifs is 1. The number of anilines is 2. The lowest BCUT2D eigenvalue weighted by Gasteiger charge is -2.20. The molecule has 1 aliphatic rings. The van der Waals surface area contributed by atoms with Gasteiger partial charge in [0, 0.05) is 54.2 Å². The predicted molar refractivity (Wildman–Crippen MR) is 110 cm³/mol. The maximum Gasteiger partial charge on any atom is 0.227 e. The summed E-state index contributed by atoms with van der Waals surface area (Å²) in [6.07, 6.45) is 6.05. The second kappa shape index (κ2) is 7.48. The van der Waals surface area contributed by atoms with E-state index in [2.05, 4.69) is 10.3 Å². The number of thiazole rings is 1. The number of carbonyl (C=O) groups is 1. The van der Waals surface area contributed by atoms with E-state index in [0.29, 0.717) is 0 Å². The Hall–Kier alpha value is -2.73. The Labute approximate surface area is 163 Å². The van der Waals surface area contributed by atoms with E-state index in [-0.39, 0.29) is 11.8 Å². The highest BCUT2D eigenvalue weighted by Gasteiger charge is 2.27. The summed E-state index contributed by atoms with van der Waals surface area (Å²) in [6.45, 7) is 0. The van der Waals surface area contributed by atoms with E-state index in [0.717, 1.165) is 46.9 Å². The molecule has 2 heterocycles. The van der Waals surface area contributed by atoms with E-state index in [4.69, 9.17) is 4.98 Å². The Morgan fingerprint density at radius 1 is 1.22 bits per heavy atom. The Bertz CT molecular complexity index is 935. The fourth-order valence-electron chi connectivity index (χ4n) is 3.30. The number of nitrogens with one attached hydrogen (secondary N) is 1. The molecule has 3 aromatic rings. The highest BCUT2D eigenvalue weighted by molar-refractivity contribution is 7.15. The number of carbonyl (C=O) groups excluding carboxylic acids is 1. The highest BCUT2D eigenvalue weighted by Crippen LogP contribution is 2.34. The van der Waals surface area contributed by atoms with Crippen LogP contribution in [0.4, 0.5) is 11.4 Å².